The van der Waals surface area contributed by atoms with Crippen molar-refractivity contribution in [1.82, 2.24) is 0 Å². The second kappa shape index (κ2) is 26.9. The normalized spacial score (nSPS) is 11.8. The number of carboxylic acids is 1. The summed E-state index contributed by atoms with van der Waals surface area (Å²) in [5, 5.41) is 17.3. The minimum atomic E-state index is -0.662. The quantitative estimate of drug-likeness (QED) is 0.111. The van der Waals surface area contributed by atoms with Gasteiger partial charge in [0.15, 0.2) is 0 Å². The number of carbonyl (C=O) groups is 1. The van der Waals surface area contributed by atoms with Crippen molar-refractivity contribution in [3.8, 4) is 0 Å². The van der Waals surface area contributed by atoms with Crippen LogP contribution < -0.4 is 0 Å². The van der Waals surface area contributed by atoms with E-state index in [1.165, 1.54) is 109 Å². The molecule has 0 amide bonds. The summed E-state index contributed by atoms with van der Waals surface area (Å²) in [6, 6.07) is 0. The van der Waals surface area contributed by atoms with Gasteiger partial charge >= 0.3 is 5.97 Å². The topological polar surface area (TPSA) is 57.5 Å². The molecule has 0 spiro atoms. The number of aliphatic hydroxyl groups is 1. The summed E-state index contributed by atoms with van der Waals surface area (Å²) in [7, 11) is 0. The van der Waals surface area contributed by atoms with Crippen LogP contribution in [-0.2, 0) is 4.79 Å². The molecule has 2 N–H and O–H groups in total. The van der Waals surface area contributed by atoms with Crippen LogP contribution in [0.15, 0.2) is 24.3 Å². The lowest BCUT2D eigenvalue weighted by Crippen LogP contribution is -1.93. The first-order chi connectivity index (χ1) is 15.3. The van der Waals surface area contributed by atoms with E-state index in [2.05, 4.69) is 24.3 Å². The standard InChI is InChI=1S/C28H52O3/c29-27-25-23-21-19-17-15-13-11-9-7-5-3-1-2-4-6-8-10-12-14-16-18-20-22-24-26-28(30)31/h1-2,5,7,29H,3-4,6,8-27H2,(H,30,31). The highest BCUT2D eigenvalue weighted by Gasteiger charge is 1.97. The van der Waals surface area contributed by atoms with Gasteiger partial charge in [-0.25, -0.2) is 0 Å². The molecule has 0 saturated carbocycles. The van der Waals surface area contributed by atoms with Crippen LogP contribution in [-0.4, -0.2) is 22.8 Å². The molecule has 0 rings (SSSR count). The van der Waals surface area contributed by atoms with Gasteiger partial charge in [0.05, 0.1) is 0 Å². The smallest absolute Gasteiger partial charge is 0.303 e. The Balaban J connectivity index is 3.16. The van der Waals surface area contributed by atoms with Gasteiger partial charge in [0.25, 0.3) is 0 Å². The molecule has 0 aliphatic heterocycles. The van der Waals surface area contributed by atoms with Crippen molar-refractivity contribution in [2.75, 3.05) is 6.61 Å². The van der Waals surface area contributed by atoms with Crippen molar-refractivity contribution in [2.24, 2.45) is 0 Å². The Bertz CT molecular complexity index is 414. The monoisotopic (exact) mass is 436 g/mol. The Kier molecular flexibility index (Phi) is 26.0. The summed E-state index contributed by atoms with van der Waals surface area (Å²) in [5.74, 6) is -0.662. The lowest BCUT2D eigenvalue weighted by atomic mass is 10.1. The Hall–Kier alpha value is -1.09. The summed E-state index contributed by atoms with van der Waals surface area (Å²) >= 11 is 0. The molecule has 0 heterocycles. The number of allylic oxidation sites excluding steroid dienone is 4. The van der Waals surface area contributed by atoms with Gasteiger partial charge < -0.3 is 10.2 Å². The third kappa shape index (κ3) is 28.9. The molecule has 182 valence electrons. The van der Waals surface area contributed by atoms with Crippen LogP contribution in [0.4, 0.5) is 0 Å². The highest BCUT2D eigenvalue weighted by molar-refractivity contribution is 5.66. The van der Waals surface area contributed by atoms with Gasteiger partial charge in [-0.05, 0) is 44.9 Å². The van der Waals surface area contributed by atoms with Crippen LogP contribution >= 0.6 is 0 Å². The van der Waals surface area contributed by atoms with Crippen LogP contribution in [0, 0.1) is 0 Å². The molecule has 0 aromatic rings. The molecule has 0 saturated heterocycles. The molecule has 0 atom stereocenters. The van der Waals surface area contributed by atoms with Crippen molar-refractivity contribution in [3.63, 3.8) is 0 Å². The van der Waals surface area contributed by atoms with Gasteiger partial charge in [-0.15, -0.1) is 0 Å². The molecule has 0 unspecified atom stereocenters. The maximum atomic E-state index is 10.4. The number of carboxylic acid groups (broad SMARTS) is 1. The van der Waals surface area contributed by atoms with E-state index in [1.807, 2.05) is 0 Å². The summed E-state index contributed by atoms with van der Waals surface area (Å²) in [6.07, 6.45) is 35.7. The van der Waals surface area contributed by atoms with E-state index in [1.54, 1.807) is 0 Å². The first kappa shape index (κ1) is 29.9. The molecule has 0 bridgehead atoms. The van der Waals surface area contributed by atoms with Gasteiger partial charge in [-0.3, -0.25) is 4.79 Å². The molecule has 0 radical (unpaired) electrons. The van der Waals surface area contributed by atoms with Gasteiger partial charge in [0, 0.05) is 13.0 Å². The molecule has 0 aliphatic rings. The lowest BCUT2D eigenvalue weighted by Gasteiger charge is -2.01. The van der Waals surface area contributed by atoms with Crippen molar-refractivity contribution < 1.29 is 15.0 Å². The number of hydrogen-bond donors (Lipinski definition) is 2. The van der Waals surface area contributed by atoms with E-state index in [9.17, 15) is 4.79 Å². The Morgan fingerprint density at radius 3 is 1.23 bits per heavy atom. The Labute approximate surface area is 193 Å². The van der Waals surface area contributed by atoms with Gasteiger partial charge in [-0.2, -0.15) is 0 Å². The zero-order chi connectivity index (χ0) is 22.7. The summed E-state index contributed by atoms with van der Waals surface area (Å²) in [6.45, 7) is 0.351. The highest BCUT2D eigenvalue weighted by atomic mass is 16.4. The lowest BCUT2D eigenvalue weighted by molar-refractivity contribution is -0.137. The zero-order valence-corrected chi connectivity index (χ0v) is 20.4. The van der Waals surface area contributed by atoms with Crippen molar-refractivity contribution >= 4 is 5.97 Å². The first-order valence-corrected chi connectivity index (χ1v) is 13.4. The Morgan fingerprint density at radius 2 is 0.839 bits per heavy atom. The maximum absolute atomic E-state index is 10.4. The minimum absolute atomic E-state index is 0.332. The van der Waals surface area contributed by atoms with Crippen LogP contribution in [0.3, 0.4) is 0 Å². The largest absolute Gasteiger partial charge is 0.481 e. The predicted molar refractivity (Wildman–Crippen MR) is 135 cm³/mol. The van der Waals surface area contributed by atoms with Crippen molar-refractivity contribution in [1.29, 1.82) is 0 Å². The average Bonchev–Trinajstić information content (AvgIpc) is 2.76. The van der Waals surface area contributed by atoms with Gasteiger partial charge in [0.2, 0.25) is 0 Å². The number of hydrogen-bond acceptors (Lipinski definition) is 2. The summed E-state index contributed by atoms with van der Waals surface area (Å²) in [5.41, 5.74) is 0. The summed E-state index contributed by atoms with van der Waals surface area (Å²) in [4.78, 5) is 10.4. The van der Waals surface area contributed by atoms with Gasteiger partial charge in [0.1, 0.15) is 0 Å². The molecule has 0 fully saturated rings. The summed E-state index contributed by atoms with van der Waals surface area (Å²) < 4.78 is 0. The molecule has 0 aromatic carbocycles. The van der Waals surface area contributed by atoms with E-state index in [0.29, 0.717) is 13.0 Å². The van der Waals surface area contributed by atoms with E-state index in [0.717, 1.165) is 25.7 Å². The second-order valence-corrected chi connectivity index (χ2v) is 8.99. The average molecular weight is 437 g/mol. The van der Waals surface area contributed by atoms with E-state index >= 15 is 0 Å². The van der Waals surface area contributed by atoms with Crippen LogP contribution in [0.5, 0.6) is 0 Å². The molecule has 31 heavy (non-hydrogen) atoms. The Morgan fingerprint density at radius 1 is 0.484 bits per heavy atom. The van der Waals surface area contributed by atoms with E-state index in [4.69, 9.17) is 10.2 Å². The number of unbranched alkanes of at least 4 members (excludes halogenated alkanes) is 18. The van der Waals surface area contributed by atoms with Crippen LogP contribution in [0.2, 0.25) is 0 Å². The van der Waals surface area contributed by atoms with E-state index in [-0.39, 0.29) is 0 Å². The SMILES string of the molecule is O=C(O)CCCCCCCCCCCCC=CCC=CCCCCCCCCCCO. The zero-order valence-electron chi connectivity index (χ0n) is 20.4. The second-order valence-electron chi connectivity index (χ2n) is 8.99. The fourth-order valence-electron chi connectivity index (χ4n) is 3.89. The first-order valence-electron chi connectivity index (χ1n) is 13.4. The number of aliphatic carboxylic acids is 1. The molecular weight excluding hydrogens is 384 g/mol. The number of aliphatic hydroxyl groups excluding tert-OH is 1. The molecule has 3 heteroatoms. The van der Waals surface area contributed by atoms with Crippen LogP contribution in [0.1, 0.15) is 141 Å². The number of rotatable bonds is 25. The molecular formula is C28H52O3. The maximum Gasteiger partial charge on any atom is 0.303 e. The van der Waals surface area contributed by atoms with Crippen molar-refractivity contribution in [2.45, 2.75) is 141 Å². The third-order valence-corrected chi connectivity index (χ3v) is 5.90. The molecule has 0 aliphatic carbocycles. The van der Waals surface area contributed by atoms with Gasteiger partial charge in [-0.1, -0.05) is 114 Å². The molecule has 0 aromatic heterocycles. The van der Waals surface area contributed by atoms with Crippen LogP contribution in [0.25, 0.3) is 0 Å². The predicted octanol–water partition coefficient (Wildman–Crippen LogP) is 8.76. The highest BCUT2D eigenvalue weighted by Crippen LogP contribution is 2.12. The minimum Gasteiger partial charge on any atom is -0.481 e. The fraction of sp³-hybridized carbons (Fsp3) is 0.821. The van der Waals surface area contributed by atoms with E-state index < -0.39 is 5.97 Å². The molecule has 3 nitrogen and oxygen atoms in total. The fourth-order valence-corrected chi connectivity index (χ4v) is 3.89. The van der Waals surface area contributed by atoms with Crippen molar-refractivity contribution in [3.05, 3.63) is 24.3 Å². The third-order valence-electron chi connectivity index (χ3n) is 5.90.